The summed E-state index contributed by atoms with van der Waals surface area (Å²) >= 11 is 0. The second kappa shape index (κ2) is 4.65. The van der Waals surface area contributed by atoms with Crippen LogP contribution >= 0.6 is 0 Å². The summed E-state index contributed by atoms with van der Waals surface area (Å²) < 4.78 is 5.45. The minimum Gasteiger partial charge on any atom is -0.399 e. The Labute approximate surface area is 112 Å². The van der Waals surface area contributed by atoms with Crippen molar-refractivity contribution in [3.63, 3.8) is 0 Å². The van der Waals surface area contributed by atoms with Crippen LogP contribution in [0.3, 0.4) is 0 Å². The van der Waals surface area contributed by atoms with E-state index >= 15 is 0 Å². The summed E-state index contributed by atoms with van der Waals surface area (Å²) in [6.07, 6.45) is 1.73. The summed E-state index contributed by atoms with van der Waals surface area (Å²) in [5, 5.41) is 8.15. The monoisotopic (exact) mass is 255 g/mol. The van der Waals surface area contributed by atoms with Gasteiger partial charge in [0.15, 0.2) is 0 Å². The molecule has 19 heavy (non-hydrogen) atoms. The molecule has 0 aliphatic carbocycles. The normalized spacial score (nSPS) is 20.5. The molecule has 4 nitrogen and oxygen atoms in total. The molecule has 0 spiro atoms. The molecule has 0 aromatic heterocycles. The van der Waals surface area contributed by atoms with Crippen molar-refractivity contribution in [2.75, 3.05) is 18.9 Å². The van der Waals surface area contributed by atoms with Crippen LogP contribution in [-0.2, 0) is 10.2 Å². The van der Waals surface area contributed by atoms with Crippen molar-refractivity contribution in [1.29, 1.82) is 0 Å². The molecule has 0 bridgehead atoms. The number of hydrogen-bond acceptors (Lipinski definition) is 4. The Morgan fingerprint density at radius 2 is 2.26 bits per heavy atom. The fourth-order valence-corrected chi connectivity index (χ4v) is 2.64. The molecule has 2 N–H and O–H groups in total. The van der Waals surface area contributed by atoms with Crippen molar-refractivity contribution in [2.45, 2.75) is 25.2 Å². The molecule has 1 aromatic rings. The quantitative estimate of drug-likeness (QED) is 0.842. The van der Waals surface area contributed by atoms with E-state index in [1.807, 2.05) is 25.1 Å². The maximum Gasteiger partial charge on any atom is 0.0589 e. The molecule has 0 saturated carbocycles. The van der Waals surface area contributed by atoms with Crippen LogP contribution in [0.2, 0.25) is 0 Å². The first-order valence-electron chi connectivity index (χ1n) is 6.46. The van der Waals surface area contributed by atoms with Gasteiger partial charge in [0.05, 0.1) is 13.2 Å². The third-order valence-corrected chi connectivity index (χ3v) is 3.70. The lowest BCUT2D eigenvalue weighted by Crippen LogP contribution is -2.48. The van der Waals surface area contributed by atoms with Gasteiger partial charge in [-0.3, -0.25) is 0 Å². The lowest BCUT2D eigenvalue weighted by Gasteiger charge is -2.42. The van der Waals surface area contributed by atoms with E-state index in [0.717, 1.165) is 43.0 Å². The van der Waals surface area contributed by atoms with E-state index in [-0.39, 0.29) is 5.41 Å². The second-order valence-electron chi connectivity index (χ2n) is 5.41. The number of anilines is 1. The molecule has 0 amide bonds. The summed E-state index contributed by atoms with van der Waals surface area (Å²) in [4.78, 5) is 0. The number of benzene rings is 1. The highest BCUT2D eigenvalue weighted by atomic mass is 16.5. The lowest BCUT2D eigenvalue weighted by molar-refractivity contribution is -0.0564. The molecule has 2 aliphatic heterocycles. The zero-order valence-corrected chi connectivity index (χ0v) is 11.0. The Morgan fingerprint density at radius 1 is 1.42 bits per heavy atom. The fourth-order valence-electron chi connectivity index (χ4n) is 2.64. The average Bonchev–Trinajstić information content (AvgIpc) is 2.34. The van der Waals surface area contributed by atoms with E-state index in [1.54, 1.807) is 0 Å². The lowest BCUT2D eigenvalue weighted by atomic mass is 9.74. The van der Waals surface area contributed by atoms with E-state index < -0.39 is 0 Å². The van der Waals surface area contributed by atoms with Crippen molar-refractivity contribution < 1.29 is 4.74 Å². The minimum absolute atomic E-state index is 0.0152. The zero-order valence-electron chi connectivity index (χ0n) is 11.0. The maximum absolute atomic E-state index is 5.89. The molecule has 2 heterocycles. The number of nitrogen functional groups attached to an aromatic ring is 1. The van der Waals surface area contributed by atoms with Gasteiger partial charge in [0, 0.05) is 35.5 Å². The van der Waals surface area contributed by atoms with Crippen molar-refractivity contribution in [3.05, 3.63) is 35.4 Å². The van der Waals surface area contributed by atoms with Crippen LogP contribution in [-0.4, -0.2) is 24.8 Å². The number of hydrogen-bond donors (Lipinski definition) is 1. The fraction of sp³-hybridized carbons (Fsp3) is 0.400. The third-order valence-electron chi connectivity index (χ3n) is 3.70. The summed E-state index contributed by atoms with van der Waals surface area (Å²) in [5.41, 5.74) is 10.2. The molecule has 0 unspecified atom stereocenters. The summed E-state index contributed by atoms with van der Waals surface area (Å²) in [6.45, 7) is 3.48. The molecule has 1 saturated heterocycles. The van der Waals surface area contributed by atoms with Gasteiger partial charge in [-0.25, -0.2) is 0 Å². The van der Waals surface area contributed by atoms with Gasteiger partial charge < -0.3 is 10.5 Å². The van der Waals surface area contributed by atoms with Gasteiger partial charge in [-0.05, 0) is 30.2 Å². The third kappa shape index (κ3) is 2.33. The first-order valence-corrected chi connectivity index (χ1v) is 6.46. The van der Waals surface area contributed by atoms with Crippen molar-refractivity contribution in [2.24, 2.45) is 10.2 Å². The van der Waals surface area contributed by atoms with Crippen LogP contribution in [0.5, 0.6) is 0 Å². The van der Waals surface area contributed by atoms with E-state index in [2.05, 4.69) is 22.1 Å². The number of nitrogens with two attached hydrogens (primary N) is 1. The van der Waals surface area contributed by atoms with Gasteiger partial charge in [-0.15, -0.1) is 5.10 Å². The molecule has 1 aromatic carbocycles. The Bertz CT molecular complexity index is 593. The van der Waals surface area contributed by atoms with Crippen molar-refractivity contribution >= 4 is 17.3 Å². The first kappa shape index (κ1) is 12.2. The van der Waals surface area contributed by atoms with Gasteiger partial charge in [0.1, 0.15) is 0 Å². The number of ether oxygens (including phenoxy) is 1. The van der Waals surface area contributed by atoms with Crippen molar-refractivity contribution in [1.82, 2.24) is 0 Å². The SMILES string of the molecule is CC1=C=NN=C(CC2(c3cccc(N)c3)COC2)C1. The van der Waals surface area contributed by atoms with Crippen LogP contribution in [0.25, 0.3) is 0 Å². The standard InChI is InChI=1S/C15H17N3O/c1-11-5-14(18-17-8-11)7-15(9-19-10-15)12-3-2-4-13(16)6-12/h2-4,6H,5,7,9-10,16H2,1H3. The second-order valence-corrected chi connectivity index (χ2v) is 5.41. The molecular weight excluding hydrogens is 238 g/mol. The van der Waals surface area contributed by atoms with Gasteiger partial charge in [-0.1, -0.05) is 12.1 Å². The molecular formula is C15H17N3O. The van der Waals surface area contributed by atoms with E-state index in [0.29, 0.717) is 0 Å². The number of rotatable bonds is 3. The highest BCUT2D eigenvalue weighted by Crippen LogP contribution is 2.37. The largest absolute Gasteiger partial charge is 0.399 e. The van der Waals surface area contributed by atoms with E-state index in [9.17, 15) is 0 Å². The molecule has 0 radical (unpaired) electrons. The van der Waals surface area contributed by atoms with Crippen LogP contribution in [0, 0.1) is 0 Å². The molecule has 98 valence electrons. The van der Waals surface area contributed by atoms with Crippen LogP contribution in [0.1, 0.15) is 25.3 Å². The highest BCUT2D eigenvalue weighted by Gasteiger charge is 2.41. The first-order chi connectivity index (χ1) is 9.18. The molecule has 1 fully saturated rings. The summed E-state index contributed by atoms with van der Waals surface area (Å²) in [6, 6.07) is 8.06. The minimum atomic E-state index is 0.0152. The van der Waals surface area contributed by atoms with Crippen molar-refractivity contribution in [3.8, 4) is 0 Å². The van der Waals surface area contributed by atoms with E-state index in [1.165, 1.54) is 5.56 Å². The smallest absolute Gasteiger partial charge is 0.0589 e. The molecule has 3 rings (SSSR count). The van der Waals surface area contributed by atoms with Crippen LogP contribution in [0.4, 0.5) is 5.69 Å². The molecule has 2 aliphatic rings. The Morgan fingerprint density at radius 3 is 2.89 bits per heavy atom. The topological polar surface area (TPSA) is 60.0 Å². The van der Waals surface area contributed by atoms with E-state index in [4.69, 9.17) is 10.5 Å². The van der Waals surface area contributed by atoms with Crippen LogP contribution < -0.4 is 5.73 Å². The summed E-state index contributed by atoms with van der Waals surface area (Å²) in [7, 11) is 0. The Balaban J connectivity index is 1.85. The summed E-state index contributed by atoms with van der Waals surface area (Å²) in [5.74, 6) is 2.89. The van der Waals surface area contributed by atoms with Crippen LogP contribution in [0.15, 0.2) is 40.0 Å². The average molecular weight is 255 g/mol. The van der Waals surface area contributed by atoms with Gasteiger partial charge in [-0.2, -0.15) is 5.10 Å². The van der Waals surface area contributed by atoms with Gasteiger partial charge in [0.2, 0.25) is 0 Å². The van der Waals surface area contributed by atoms with Gasteiger partial charge >= 0.3 is 0 Å². The zero-order chi connectivity index (χ0) is 13.3. The highest BCUT2D eigenvalue weighted by molar-refractivity contribution is 5.91. The number of allylic oxidation sites excluding steroid dienone is 1. The predicted octanol–water partition coefficient (Wildman–Crippen LogP) is 2.30. The number of nitrogens with zero attached hydrogens (tertiary/aromatic N) is 2. The Kier molecular flexibility index (Phi) is 2.97. The molecule has 0 atom stereocenters. The maximum atomic E-state index is 5.89. The van der Waals surface area contributed by atoms with Gasteiger partial charge in [0.25, 0.3) is 0 Å². The molecule has 4 heteroatoms. The predicted molar refractivity (Wildman–Crippen MR) is 76.6 cm³/mol. The Hall–Kier alpha value is -1.90.